The number of ketones is 2. The van der Waals surface area contributed by atoms with Gasteiger partial charge in [0.25, 0.3) is 23.4 Å². The summed E-state index contributed by atoms with van der Waals surface area (Å²) in [4.78, 5) is 82.8. The summed E-state index contributed by atoms with van der Waals surface area (Å²) in [5, 5.41) is 12.2. The maximum absolute atomic E-state index is 13.3. The maximum atomic E-state index is 13.3. The summed E-state index contributed by atoms with van der Waals surface area (Å²) in [5.41, 5.74) is 24.7. The van der Waals surface area contributed by atoms with Crippen molar-refractivity contribution in [2.24, 2.45) is 11.5 Å². The Kier molecular flexibility index (Phi) is 19.0. The van der Waals surface area contributed by atoms with E-state index >= 15 is 0 Å². The number of nitrogens with two attached hydrogens (primary N) is 2. The van der Waals surface area contributed by atoms with E-state index in [1.807, 2.05) is 70.4 Å². The minimum absolute atomic E-state index is 0. The first-order valence-corrected chi connectivity index (χ1v) is 27.9. The molecule has 9 aromatic heterocycles. The highest BCUT2D eigenvalue weighted by atomic mass is 35.5. The lowest BCUT2D eigenvalue weighted by Gasteiger charge is -2.17. The number of pyridine rings is 6. The van der Waals surface area contributed by atoms with E-state index in [9.17, 15) is 32.3 Å². The highest BCUT2D eigenvalue weighted by Crippen LogP contribution is 2.37. The molecule has 12 aromatic rings. The normalized spacial score (nSPS) is 11.0. The second-order valence-electron chi connectivity index (χ2n) is 21.4. The Labute approximate surface area is 514 Å². The fourth-order valence-electron chi connectivity index (χ4n) is 9.89. The van der Waals surface area contributed by atoms with E-state index in [2.05, 4.69) is 74.7 Å². The van der Waals surface area contributed by atoms with Gasteiger partial charge in [0.2, 0.25) is 0 Å². The van der Waals surface area contributed by atoms with E-state index in [1.54, 1.807) is 79.5 Å². The summed E-state index contributed by atoms with van der Waals surface area (Å²) in [5.74, 6) is -3.94. The van der Waals surface area contributed by atoms with Crippen molar-refractivity contribution in [1.82, 2.24) is 44.9 Å². The third-order valence-corrected chi connectivity index (χ3v) is 14.4. The molecule has 0 radical (unpaired) electrons. The number of anilines is 6. The summed E-state index contributed by atoms with van der Waals surface area (Å²) in [6.45, 7) is 12.4. The molecule has 9 heterocycles. The zero-order chi connectivity index (χ0) is 62.3. The summed E-state index contributed by atoms with van der Waals surface area (Å²) in [6.07, 6.45) is 15.1. The molecule has 10 N–H and O–H groups in total. The van der Waals surface area contributed by atoms with Gasteiger partial charge in [-0.2, -0.15) is 0 Å². The Morgan fingerprint density at radius 2 is 0.742 bits per heavy atom. The van der Waals surface area contributed by atoms with Crippen molar-refractivity contribution >= 4 is 103 Å². The van der Waals surface area contributed by atoms with Crippen LogP contribution in [0.5, 0.6) is 0 Å². The van der Waals surface area contributed by atoms with Crippen LogP contribution in [0.1, 0.15) is 96.7 Å². The summed E-state index contributed by atoms with van der Waals surface area (Å²) < 4.78 is 39.8. The molecule has 0 bridgehead atoms. The van der Waals surface area contributed by atoms with Crippen LogP contribution in [-0.2, 0) is 9.59 Å². The van der Waals surface area contributed by atoms with Crippen LogP contribution in [-0.4, -0.2) is 68.2 Å². The van der Waals surface area contributed by atoms with Gasteiger partial charge in [-0.3, -0.25) is 34.1 Å². The summed E-state index contributed by atoms with van der Waals surface area (Å²) in [7, 11) is 0. The number of benzene rings is 3. The third-order valence-electron chi connectivity index (χ3n) is 14.4. The van der Waals surface area contributed by atoms with Gasteiger partial charge in [0.15, 0.2) is 0 Å². The Bertz CT molecular complexity index is 4360. The van der Waals surface area contributed by atoms with E-state index in [1.165, 1.54) is 48.8 Å². The van der Waals surface area contributed by atoms with E-state index < -0.39 is 23.4 Å². The number of carbonyl (C=O) groups is 4. The molecule has 450 valence electrons. The molecular formula is C67H60ClF3N14O4. The van der Waals surface area contributed by atoms with Crippen LogP contribution in [0.3, 0.4) is 0 Å². The van der Waals surface area contributed by atoms with Crippen LogP contribution in [0.4, 0.5) is 47.3 Å². The average Bonchev–Trinajstić information content (AvgIpc) is 2.13. The molecule has 0 spiro atoms. The number of hydrogen-bond donors (Lipinski definition) is 8. The quantitative estimate of drug-likeness (QED) is 0.0330. The number of amides is 2. The van der Waals surface area contributed by atoms with Gasteiger partial charge in [-0.1, -0.05) is 41.5 Å². The van der Waals surface area contributed by atoms with Crippen molar-refractivity contribution < 1.29 is 32.3 Å². The van der Waals surface area contributed by atoms with Crippen LogP contribution in [0, 0.1) is 17.5 Å². The Morgan fingerprint density at radius 1 is 0.416 bits per heavy atom. The Hall–Kier alpha value is -11.1. The average molecular weight is 1220 g/mol. The molecule has 0 aliphatic heterocycles. The van der Waals surface area contributed by atoms with Gasteiger partial charge in [-0.15, -0.1) is 12.4 Å². The number of aromatic amines is 3. The van der Waals surface area contributed by atoms with Gasteiger partial charge in [0.05, 0.1) is 56.0 Å². The van der Waals surface area contributed by atoms with Crippen LogP contribution >= 0.6 is 12.4 Å². The Balaban J connectivity index is 0.000000158. The summed E-state index contributed by atoms with van der Waals surface area (Å²) in [6, 6.07) is 31.7. The van der Waals surface area contributed by atoms with Crippen LogP contribution in [0.25, 0.3) is 66.9 Å². The minimum atomic E-state index is -1.04. The van der Waals surface area contributed by atoms with Crippen LogP contribution < -0.4 is 27.4 Å². The molecule has 0 atom stereocenters. The largest absolute Gasteiger partial charge is 0.363 e. The number of H-pyrrole nitrogens is 3. The van der Waals surface area contributed by atoms with Crippen molar-refractivity contribution in [1.29, 1.82) is 0 Å². The molecule has 0 fully saturated rings. The molecule has 12 rings (SSSR count). The number of halogens is 4. The zero-order valence-corrected chi connectivity index (χ0v) is 49.7. The van der Waals surface area contributed by atoms with E-state index in [0.29, 0.717) is 50.7 Å². The van der Waals surface area contributed by atoms with Crippen LogP contribution in [0.15, 0.2) is 171 Å². The summed E-state index contributed by atoms with van der Waals surface area (Å²) >= 11 is 0. The lowest BCUT2D eigenvalue weighted by Crippen LogP contribution is -2.22. The van der Waals surface area contributed by atoms with Crippen molar-refractivity contribution in [2.45, 2.75) is 59.3 Å². The predicted molar refractivity (Wildman–Crippen MR) is 344 cm³/mol. The van der Waals surface area contributed by atoms with Gasteiger partial charge in [-0.25, -0.2) is 28.1 Å². The molecule has 2 amide bonds. The van der Waals surface area contributed by atoms with E-state index in [0.717, 1.165) is 72.9 Å². The first kappa shape index (κ1) is 62.5. The molecule has 0 unspecified atom stereocenters. The van der Waals surface area contributed by atoms with Crippen molar-refractivity contribution in [3.8, 4) is 33.8 Å². The number of Topliss-reactive ketones (excluding diaryl/α,β-unsaturated/α-hetero) is 2. The molecule has 0 saturated carbocycles. The highest BCUT2D eigenvalue weighted by Gasteiger charge is 2.23. The topological polar surface area (TPSA) is 281 Å². The maximum Gasteiger partial charge on any atom is 0.289 e. The van der Waals surface area contributed by atoms with Gasteiger partial charge in [-0.05, 0) is 150 Å². The van der Waals surface area contributed by atoms with Gasteiger partial charge in [0.1, 0.15) is 34.4 Å². The number of aromatic nitrogens is 9. The molecular weight excluding hydrogens is 1160 g/mol. The predicted octanol–water partition coefficient (Wildman–Crippen LogP) is 14.7. The van der Waals surface area contributed by atoms with Crippen molar-refractivity contribution in [3.05, 3.63) is 216 Å². The van der Waals surface area contributed by atoms with Crippen LogP contribution in [0.2, 0.25) is 0 Å². The number of carbonyl (C=O) groups excluding carboxylic acids is 4. The fraction of sp³-hybridized carbons (Fsp3) is 0.134. The molecule has 18 nitrogen and oxygen atoms in total. The van der Waals surface area contributed by atoms with Crippen molar-refractivity contribution in [3.63, 3.8) is 0 Å². The molecule has 0 aliphatic carbocycles. The van der Waals surface area contributed by atoms with Gasteiger partial charge >= 0.3 is 0 Å². The Morgan fingerprint density at radius 3 is 1.08 bits per heavy atom. The lowest BCUT2D eigenvalue weighted by molar-refractivity contribution is -0.114. The molecule has 89 heavy (non-hydrogen) atoms. The van der Waals surface area contributed by atoms with Crippen molar-refractivity contribution in [2.75, 3.05) is 16.0 Å². The number of nitrogens with zero attached hydrogens (tertiary/aromatic N) is 6. The standard InChI is InChI=1S/2C23H20FN5O2.C21H19FN4.ClH/c2*1-12(2)15-10-27-18(13-3-5-14(24)6-4-13)9-19(15)29-17-7-8-26-23-20(17)16(11-28-23)21(30)22(25)31;1-13(2)17-12-25-19(14-3-5-15(22)6-4-14)11-20(17)26-18-8-10-24-21-16(18)7-9-23-21;/h2*3-12H,1-2H3,(H2,25,31)(H2,26,27,28,29);3-13H,1-2H3,(H2,23,24,25,26);1H. The second-order valence-corrected chi connectivity index (χ2v) is 21.4. The van der Waals surface area contributed by atoms with Gasteiger partial charge < -0.3 is 42.4 Å². The highest BCUT2D eigenvalue weighted by molar-refractivity contribution is 6.45. The first-order chi connectivity index (χ1) is 42.3. The smallest absolute Gasteiger partial charge is 0.289 e. The second kappa shape index (κ2) is 27.1. The van der Waals surface area contributed by atoms with Gasteiger partial charge in [0, 0.05) is 94.9 Å². The fourth-order valence-corrected chi connectivity index (χ4v) is 9.89. The van der Waals surface area contributed by atoms with E-state index in [-0.39, 0.29) is 52.8 Å². The number of hydrogen-bond acceptors (Lipinski definition) is 13. The molecule has 0 aliphatic rings. The molecule has 0 saturated heterocycles. The third kappa shape index (κ3) is 14.0. The number of nitrogens with one attached hydrogen (secondary N) is 6. The van der Waals surface area contributed by atoms with E-state index in [4.69, 9.17) is 11.5 Å². The first-order valence-electron chi connectivity index (χ1n) is 27.9. The monoisotopic (exact) mass is 1220 g/mol. The molecule has 22 heteroatoms. The number of fused-ring (bicyclic) bond motifs is 3. The number of primary amides is 2. The zero-order valence-electron chi connectivity index (χ0n) is 48.9. The minimum Gasteiger partial charge on any atom is -0.363 e. The lowest BCUT2D eigenvalue weighted by atomic mass is 10.0. The SMILES string of the molecule is CC(C)c1cnc(-c2ccc(F)cc2)cc1Nc1ccnc2[nH]cc(C(=O)C(N)=O)c12.CC(C)c1cnc(-c2ccc(F)cc2)cc1Nc1ccnc2[nH]cc(C(=O)C(N)=O)c12.CC(C)c1cnc(-c2ccc(F)cc2)cc1Nc1ccnc2[nH]ccc12.Cl. The molecule has 3 aromatic carbocycles. The number of rotatable bonds is 16.